The number of rotatable bonds is 2. The first-order valence-corrected chi connectivity index (χ1v) is 6.12. The summed E-state index contributed by atoms with van der Waals surface area (Å²) in [5.41, 5.74) is 13.8. The molecule has 9 nitrogen and oxygen atoms in total. The first kappa shape index (κ1) is 13.1. The number of carbonyl (C=O) groups excluding carboxylic acids is 2. The minimum absolute atomic E-state index is 0.0249. The summed E-state index contributed by atoms with van der Waals surface area (Å²) in [5.74, 6) is -0.266. The third-order valence-electron chi connectivity index (χ3n) is 2.83. The maximum Gasteiger partial charge on any atom is 0.242 e. The van der Waals surface area contributed by atoms with E-state index in [1.807, 2.05) is 0 Å². The molecule has 0 aliphatic carbocycles. The second-order valence-corrected chi connectivity index (χ2v) is 4.34. The average Bonchev–Trinajstić information content (AvgIpc) is 2.90. The number of hydrogen-bond acceptors (Lipinski definition) is 3. The third kappa shape index (κ3) is 3.33. The monoisotopic (exact) mass is 267 g/mol. The van der Waals surface area contributed by atoms with Gasteiger partial charge < -0.3 is 11.5 Å². The molecule has 0 atom stereocenters. The summed E-state index contributed by atoms with van der Waals surface area (Å²) < 4.78 is 0. The summed E-state index contributed by atoms with van der Waals surface area (Å²) in [5, 5.41) is 6.51. The van der Waals surface area contributed by atoms with Crippen LogP contribution in [0.5, 0.6) is 0 Å². The van der Waals surface area contributed by atoms with Gasteiger partial charge in [0.1, 0.15) is 0 Å². The number of amides is 2. The molecule has 0 bridgehead atoms. The summed E-state index contributed by atoms with van der Waals surface area (Å²) >= 11 is 0. The molecule has 2 heterocycles. The summed E-state index contributed by atoms with van der Waals surface area (Å²) in [6, 6.07) is 0. The maximum absolute atomic E-state index is 11.4. The Kier molecular flexibility index (Phi) is 3.83. The SMILES string of the molecule is NC(=NN1CCCC1=O)N=C(N)NN1CCCC1=O. The Morgan fingerprint density at radius 1 is 1.11 bits per heavy atom. The van der Waals surface area contributed by atoms with Crippen LogP contribution in [0.3, 0.4) is 0 Å². The minimum atomic E-state index is -0.119. The van der Waals surface area contributed by atoms with Crippen LogP contribution in [0.2, 0.25) is 0 Å². The van der Waals surface area contributed by atoms with Crippen molar-refractivity contribution in [2.75, 3.05) is 13.1 Å². The maximum atomic E-state index is 11.4. The third-order valence-corrected chi connectivity index (χ3v) is 2.83. The Morgan fingerprint density at radius 3 is 2.37 bits per heavy atom. The fourth-order valence-electron chi connectivity index (χ4n) is 1.94. The van der Waals surface area contributed by atoms with E-state index in [2.05, 4.69) is 15.5 Å². The highest BCUT2D eigenvalue weighted by Gasteiger charge is 2.21. The minimum Gasteiger partial charge on any atom is -0.368 e. The lowest BCUT2D eigenvalue weighted by molar-refractivity contribution is -0.129. The van der Waals surface area contributed by atoms with Gasteiger partial charge in [0, 0.05) is 25.9 Å². The lowest BCUT2D eigenvalue weighted by Gasteiger charge is -2.17. The van der Waals surface area contributed by atoms with Crippen LogP contribution in [0.1, 0.15) is 25.7 Å². The molecular formula is C10H17N7O2. The Labute approximate surface area is 110 Å². The van der Waals surface area contributed by atoms with E-state index in [-0.39, 0.29) is 23.7 Å². The van der Waals surface area contributed by atoms with Crippen molar-refractivity contribution in [3.63, 3.8) is 0 Å². The van der Waals surface area contributed by atoms with Crippen molar-refractivity contribution in [1.82, 2.24) is 15.4 Å². The fraction of sp³-hybridized carbons (Fsp3) is 0.600. The van der Waals surface area contributed by atoms with E-state index in [1.54, 1.807) is 0 Å². The summed E-state index contributed by atoms with van der Waals surface area (Å²) in [7, 11) is 0. The first-order chi connectivity index (χ1) is 9.06. The topological polar surface area (TPSA) is 129 Å². The van der Waals surface area contributed by atoms with Crippen LogP contribution in [0.25, 0.3) is 0 Å². The van der Waals surface area contributed by atoms with Crippen molar-refractivity contribution in [2.24, 2.45) is 21.6 Å². The number of aliphatic imine (C=N–C) groups is 1. The predicted octanol–water partition coefficient (Wildman–Crippen LogP) is -1.72. The van der Waals surface area contributed by atoms with Gasteiger partial charge in [-0.3, -0.25) is 20.0 Å². The largest absolute Gasteiger partial charge is 0.368 e. The Morgan fingerprint density at radius 2 is 1.79 bits per heavy atom. The molecule has 2 aliphatic rings. The molecule has 0 aromatic carbocycles. The van der Waals surface area contributed by atoms with Gasteiger partial charge in [-0.15, -0.1) is 5.10 Å². The average molecular weight is 267 g/mol. The molecule has 5 N–H and O–H groups in total. The molecular weight excluding hydrogens is 250 g/mol. The molecule has 9 heteroatoms. The number of nitrogens with one attached hydrogen (secondary N) is 1. The van der Waals surface area contributed by atoms with Crippen molar-refractivity contribution in [2.45, 2.75) is 25.7 Å². The fourth-order valence-corrected chi connectivity index (χ4v) is 1.94. The molecule has 19 heavy (non-hydrogen) atoms. The molecule has 0 radical (unpaired) electrons. The lowest BCUT2D eigenvalue weighted by atomic mass is 10.4. The van der Waals surface area contributed by atoms with Gasteiger partial charge >= 0.3 is 0 Å². The van der Waals surface area contributed by atoms with Crippen molar-refractivity contribution in [1.29, 1.82) is 0 Å². The van der Waals surface area contributed by atoms with Gasteiger partial charge in [0.15, 0.2) is 0 Å². The van der Waals surface area contributed by atoms with Crippen LogP contribution < -0.4 is 16.9 Å². The molecule has 104 valence electrons. The van der Waals surface area contributed by atoms with Crippen molar-refractivity contribution >= 4 is 23.7 Å². The highest BCUT2D eigenvalue weighted by Crippen LogP contribution is 2.09. The summed E-state index contributed by atoms with van der Waals surface area (Å²) in [6.07, 6.45) is 2.50. The summed E-state index contributed by atoms with van der Waals surface area (Å²) in [6.45, 7) is 1.11. The van der Waals surface area contributed by atoms with Crippen molar-refractivity contribution in [3.8, 4) is 0 Å². The highest BCUT2D eigenvalue weighted by atomic mass is 16.2. The molecule has 2 rings (SSSR count). The molecule has 2 amide bonds. The Bertz CT molecular complexity index is 445. The molecule has 0 aromatic rings. The lowest BCUT2D eigenvalue weighted by Crippen LogP contribution is -2.47. The van der Waals surface area contributed by atoms with E-state index >= 15 is 0 Å². The zero-order valence-corrected chi connectivity index (χ0v) is 10.5. The van der Waals surface area contributed by atoms with Crippen LogP contribution in [-0.2, 0) is 9.59 Å². The van der Waals surface area contributed by atoms with Crippen molar-refractivity contribution < 1.29 is 9.59 Å². The second kappa shape index (κ2) is 5.55. The van der Waals surface area contributed by atoms with Gasteiger partial charge in [-0.2, -0.15) is 4.99 Å². The van der Waals surface area contributed by atoms with E-state index in [9.17, 15) is 9.59 Å². The quantitative estimate of drug-likeness (QED) is 0.405. The van der Waals surface area contributed by atoms with E-state index in [4.69, 9.17) is 11.5 Å². The number of hydrazone groups is 1. The number of nitrogens with two attached hydrogens (primary N) is 2. The van der Waals surface area contributed by atoms with Gasteiger partial charge in [-0.05, 0) is 12.8 Å². The van der Waals surface area contributed by atoms with Gasteiger partial charge in [-0.25, -0.2) is 5.01 Å². The molecule has 2 saturated heterocycles. The van der Waals surface area contributed by atoms with Gasteiger partial charge in [0.2, 0.25) is 23.7 Å². The number of hydrazine groups is 1. The predicted molar refractivity (Wildman–Crippen MR) is 68.3 cm³/mol. The van der Waals surface area contributed by atoms with Crippen LogP contribution >= 0.6 is 0 Å². The number of hydrogen-bond donors (Lipinski definition) is 3. The molecule has 0 saturated carbocycles. The summed E-state index contributed by atoms with van der Waals surface area (Å²) in [4.78, 5) is 26.5. The smallest absolute Gasteiger partial charge is 0.242 e. The zero-order valence-electron chi connectivity index (χ0n) is 10.5. The van der Waals surface area contributed by atoms with E-state index < -0.39 is 0 Å². The first-order valence-electron chi connectivity index (χ1n) is 6.12. The molecule has 2 fully saturated rings. The Balaban J connectivity index is 1.93. The van der Waals surface area contributed by atoms with Crippen LogP contribution in [-0.4, -0.2) is 46.8 Å². The van der Waals surface area contributed by atoms with Gasteiger partial charge in [-0.1, -0.05) is 0 Å². The van der Waals surface area contributed by atoms with Crippen LogP contribution in [0.15, 0.2) is 10.1 Å². The molecule has 2 aliphatic heterocycles. The Hall–Kier alpha value is -2.32. The normalized spacial score (nSPS) is 21.5. The molecule has 0 unspecified atom stereocenters. The van der Waals surface area contributed by atoms with E-state index in [1.165, 1.54) is 10.0 Å². The zero-order chi connectivity index (χ0) is 13.8. The second-order valence-electron chi connectivity index (χ2n) is 4.34. The molecule has 0 spiro atoms. The number of guanidine groups is 2. The highest BCUT2D eigenvalue weighted by molar-refractivity contribution is 5.94. The van der Waals surface area contributed by atoms with Gasteiger partial charge in [0.25, 0.3) is 0 Å². The van der Waals surface area contributed by atoms with Crippen LogP contribution in [0.4, 0.5) is 0 Å². The van der Waals surface area contributed by atoms with Crippen LogP contribution in [0, 0.1) is 0 Å². The number of nitrogens with zero attached hydrogens (tertiary/aromatic N) is 4. The standard InChI is InChI=1S/C10H17N7O2/c11-9(14-16-5-1-3-7(16)18)13-10(12)15-17-6-2-4-8(17)19/h1-6H2,(H5,11,12,13,14,15). The number of carbonyl (C=O) groups is 2. The van der Waals surface area contributed by atoms with E-state index in [0.29, 0.717) is 25.9 Å². The van der Waals surface area contributed by atoms with Crippen molar-refractivity contribution in [3.05, 3.63) is 0 Å². The van der Waals surface area contributed by atoms with E-state index in [0.717, 1.165) is 12.8 Å². The van der Waals surface area contributed by atoms with Gasteiger partial charge in [0.05, 0.1) is 0 Å². The molecule has 0 aromatic heterocycles.